The second kappa shape index (κ2) is 7.58. The van der Waals surface area contributed by atoms with Gasteiger partial charge in [-0.3, -0.25) is 4.79 Å². The van der Waals surface area contributed by atoms with Gasteiger partial charge in [-0.05, 0) is 52.1 Å². The monoisotopic (exact) mass is 401 g/mol. The van der Waals surface area contributed by atoms with E-state index in [0.29, 0.717) is 6.61 Å². The van der Waals surface area contributed by atoms with Crippen LogP contribution in [0.1, 0.15) is 32.2 Å². The standard InChI is InChI=1S/C20H23N3O2S2/c1-12-18(26-11-21-12)10-25-15-4-5-17-16(8-15)19(13(2)27-17)20(24)22-14-6-7-23(3)9-14/h4-5,8,11,14H,6-7,9-10H2,1-3H3,(H,22,24). The fourth-order valence-electron chi connectivity index (χ4n) is 3.50. The first-order valence-electron chi connectivity index (χ1n) is 9.05. The first kappa shape index (κ1) is 18.4. The van der Waals surface area contributed by atoms with Crippen LogP contribution in [0.2, 0.25) is 0 Å². The number of nitrogens with zero attached hydrogens (tertiary/aromatic N) is 2. The summed E-state index contributed by atoms with van der Waals surface area (Å²) in [4.78, 5) is 21.6. The largest absolute Gasteiger partial charge is 0.488 e. The molecule has 5 nitrogen and oxygen atoms in total. The van der Waals surface area contributed by atoms with Gasteiger partial charge in [-0.1, -0.05) is 0 Å². The number of fused-ring (bicyclic) bond motifs is 1. The number of aromatic nitrogens is 1. The molecule has 1 N–H and O–H groups in total. The van der Waals surface area contributed by atoms with Crippen LogP contribution in [-0.2, 0) is 6.61 Å². The van der Waals surface area contributed by atoms with Gasteiger partial charge in [-0.2, -0.15) is 0 Å². The number of carbonyl (C=O) groups excluding carboxylic acids is 1. The van der Waals surface area contributed by atoms with Crippen molar-refractivity contribution in [1.29, 1.82) is 0 Å². The van der Waals surface area contributed by atoms with Crippen molar-refractivity contribution in [2.75, 3.05) is 20.1 Å². The van der Waals surface area contributed by atoms with Gasteiger partial charge in [0.1, 0.15) is 12.4 Å². The van der Waals surface area contributed by atoms with E-state index in [1.807, 2.05) is 37.6 Å². The molecule has 1 fully saturated rings. The highest BCUT2D eigenvalue weighted by Gasteiger charge is 2.24. The van der Waals surface area contributed by atoms with Crippen LogP contribution in [0.25, 0.3) is 10.1 Å². The molecule has 1 aromatic carbocycles. The summed E-state index contributed by atoms with van der Waals surface area (Å²) < 4.78 is 7.08. The Hall–Kier alpha value is -1.96. The molecule has 1 saturated heterocycles. The Morgan fingerprint density at radius 3 is 2.96 bits per heavy atom. The highest BCUT2D eigenvalue weighted by atomic mass is 32.1. The average Bonchev–Trinajstić information content (AvgIpc) is 3.31. The zero-order valence-electron chi connectivity index (χ0n) is 15.7. The lowest BCUT2D eigenvalue weighted by molar-refractivity contribution is 0.0940. The molecule has 1 aliphatic heterocycles. The molecule has 1 unspecified atom stereocenters. The van der Waals surface area contributed by atoms with Gasteiger partial charge in [0.15, 0.2) is 0 Å². The first-order chi connectivity index (χ1) is 13.0. The minimum atomic E-state index is 0.0227. The van der Waals surface area contributed by atoms with Crippen LogP contribution in [-0.4, -0.2) is 42.0 Å². The molecule has 3 heterocycles. The Morgan fingerprint density at radius 1 is 1.41 bits per heavy atom. The summed E-state index contributed by atoms with van der Waals surface area (Å²) in [6.07, 6.45) is 1.01. The lowest BCUT2D eigenvalue weighted by atomic mass is 10.1. The fourth-order valence-corrected chi connectivity index (χ4v) is 5.22. The van der Waals surface area contributed by atoms with Crippen LogP contribution in [0.4, 0.5) is 0 Å². The van der Waals surface area contributed by atoms with Crippen molar-refractivity contribution in [3.8, 4) is 5.75 Å². The molecule has 0 saturated carbocycles. The third-order valence-electron chi connectivity index (χ3n) is 5.00. The van der Waals surface area contributed by atoms with Gasteiger partial charge < -0.3 is 15.0 Å². The minimum absolute atomic E-state index is 0.0227. The van der Waals surface area contributed by atoms with Crippen molar-refractivity contribution in [3.63, 3.8) is 0 Å². The van der Waals surface area contributed by atoms with Gasteiger partial charge in [-0.25, -0.2) is 4.98 Å². The number of amides is 1. The average molecular weight is 402 g/mol. The molecule has 4 rings (SSSR count). The quantitative estimate of drug-likeness (QED) is 0.702. The number of benzene rings is 1. The van der Waals surface area contributed by atoms with Crippen LogP contribution >= 0.6 is 22.7 Å². The first-order valence-corrected chi connectivity index (χ1v) is 10.7. The van der Waals surface area contributed by atoms with E-state index in [1.54, 1.807) is 22.7 Å². The lowest BCUT2D eigenvalue weighted by Gasteiger charge is -2.13. The number of hydrogen-bond acceptors (Lipinski definition) is 6. The van der Waals surface area contributed by atoms with E-state index in [-0.39, 0.29) is 11.9 Å². The summed E-state index contributed by atoms with van der Waals surface area (Å²) in [5.74, 6) is 0.803. The number of nitrogens with one attached hydrogen (secondary N) is 1. The van der Waals surface area contributed by atoms with Crippen molar-refractivity contribution in [2.24, 2.45) is 0 Å². The van der Waals surface area contributed by atoms with Crippen LogP contribution in [0, 0.1) is 13.8 Å². The molecule has 1 aliphatic rings. The molecule has 3 aromatic rings. The van der Waals surface area contributed by atoms with E-state index in [1.165, 1.54) is 0 Å². The Morgan fingerprint density at radius 2 is 2.26 bits per heavy atom. The van der Waals surface area contributed by atoms with Crippen LogP contribution in [0.5, 0.6) is 5.75 Å². The maximum absolute atomic E-state index is 12.9. The Kier molecular flexibility index (Phi) is 5.16. The third-order valence-corrected chi connectivity index (χ3v) is 7.00. The summed E-state index contributed by atoms with van der Waals surface area (Å²) in [6, 6.07) is 6.24. The summed E-state index contributed by atoms with van der Waals surface area (Å²) in [7, 11) is 2.09. The Bertz CT molecular complexity index is 979. The third kappa shape index (κ3) is 3.85. The molecular weight excluding hydrogens is 378 g/mol. The Labute approximate surface area is 167 Å². The molecule has 142 valence electrons. The van der Waals surface area contributed by atoms with Gasteiger partial charge >= 0.3 is 0 Å². The summed E-state index contributed by atoms with van der Waals surface area (Å²) in [6.45, 7) is 6.45. The zero-order chi connectivity index (χ0) is 19.0. The molecule has 0 radical (unpaired) electrons. The molecule has 7 heteroatoms. The van der Waals surface area contributed by atoms with Crippen LogP contribution < -0.4 is 10.1 Å². The number of likely N-dealkylation sites (N-methyl/N-ethyl adjacent to an activating group) is 1. The SMILES string of the molecule is Cc1ncsc1COc1ccc2sc(C)c(C(=O)NC3CCN(C)C3)c2c1. The summed E-state index contributed by atoms with van der Waals surface area (Å²) in [5, 5.41) is 4.18. The van der Waals surface area contributed by atoms with E-state index < -0.39 is 0 Å². The number of ether oxygens (including phenoxy) is 1. The van der Waals surface area contributed by atoms with Crippen molar-refractivity contribution in [2.45, 2.75) is 32.9 Å². The predicted octanol–water partition coefficient (Wildman–Crippen LogP) is 3.99. The maximum Gasteiger partial charge on any atom is 0.253 e. The molecule has 1 amide bonds. The number of thiophene rings is 1. The molecule has 27 heavy (non-hydrogen) atoms. The highest BCUT2D eigenvalue weighted by molar-refractivity contribution is 7.19. The van der Waals surface area contributed by atoms with Crippen molar-refractivity contribution < 1.29 is 9.53 Å². The maximum atomic E-state index is 12.9. The molecular formula is C20H23N3O2S2. The lowest BCUT2D eigenvalue weighted by Crippen LogP contribution is -2.36. The van der Waals surface area contributed by atoms with Crippen molar-refractivity contribution >= 4 is 38.7 Å². The topological polar surface area (TPSA) is 54.5 Å². The second-order valence-corrected chi connectivity index (χ2v) is 9.26. The number of aryl methyl sites for hydroxylation is 2. The van der Waals surface area contributed by atoms with Gasteiger partial charge in [-0.15, -0.1) is 22.7 Å². The predicted molar refractivity (Wildman–Crippen MR) is 111 cm³/mol. The molecule has 0 bridgehead atoms. The minimum Gasteiger partial charge on any atom is -0.488 e. The van der Waals surface area contributed by atoms with E-state index in [2.05, 4.69) is 22.2 Å². The Balaban J connectivity index is 1.56. The van der Waals surface area contributed by atoms with Crippen LogP contribution in [0.15, 0.2) is 23.7 Å². The number of hydrogen-bond donors (Lipinski definition) is 1. The van der Waals surface area contributed by atoms with Crippen molar-refractivity contribution in [3.05, 3.63) is 44.7 Å². The van der Waals surface area contributed by atoms with E-state index >= 15 is 0 Å². The van der Waals surface area contributed by atoms with E-state index in [4.69, 9.17) is 4.74 Å². The zero-order valence-corrected chi connectivity index (χ0v) is 17.4. The van der Waals surface area contributed by atoms with Gasteiger partial charge in [0.2, 0.25) is 0 Å². The van der Waals surface area contributed by atoms with E-state index in [0.717, 1.165) is 56.4 Å². The van der Waals surface area contributed by atoms with Gasteiger partial charge in [0, 0.05) is 27.5 Å². The summed E-state index contributed by atoms with van der Waals surface area (Å²) >= 11 is 3.26. The van der Waals surface area contributed by atoms with E-state index in [9.17, 15) is 4.79 Å². The number of thiazole rings is 1. The number of carbonyl (C=O) groups is 1. The fraction of sp³-hybridized carbons (Fsp3) is 0.400. The smallest absolute Gasteiger partial charge is 0.253 e. The normalized spacial score (nSPS) is 17.5. The molecule has 2 aromatic heterocycles. The molecule has 1 atom stereocenters. The second-order valence-electron chi connectivity index (χ2n) is 7.06. The van der Waals surface area contributed by atoms with Crippen LogP contribution in [0.3, 0.4) is 0 Å². The number of rotatable bonds is 5. The molecule has 0 spiro atoms. The van der Waals surface area contributed by atoms with Crippen molar-refractivity contribution in [1.82, 2.24) is 15.2 Å². The highest BCUT2D eigenvalue weighted by Crippen LogP contribution is 2.34. The van der Waals surface area contributed by atoms with Gasteiger partial charge in [0.25, 0.3) is 5.91 Å². The van der Waals surface area contributed by atoms with Gasteiger partial charge in [0.05, 0.1) is 21.6 Å². The summed E-state index contributed by atoms with van der Waals surface area (Å²) in [5.41, 5.74) is 3.63. The molecule has 0 aliphatic carbocycles. The number of likely N-dealkylation sites (tertiary alicyclic amines) is 1.